The molecule has 3 aromatic rings. The summed E-state index contributed by atoms with van der Waals surface area (Å²) in [6, 6.07) is 19.9. The highest BCUT2D eigenvalue weighted by Crippen LogP contribution is 2.47. The summed E-state index contributed by atoms with van der Waals surface area (Å²) >= 11 is 6.46. The number of aryl methyl sites for hydroxylation is 1. The molecule has 5 nitrogen and oxygen atoms in total. The number of para-hydroxylation sites is 1. The molecule has 2 N–H and O–H groups in total. The SMILES string of the molecule is Cc1ccc(S(=O)(=O)N[C@H](c2ccccc2Cl)[C@]2(C)C(=O)Nc3ccccc32)cc1. The van der Waals surface area contributed by atoms with Crippen LogP contribution in [0.2, 0.25) is 5.02 Å². The van der Waals surface area contributed by atoms with Crippen molar-refractivity contribution in [3.8, 4) is 0 Å². The van der Waals surface area contributed by atoms with Gasteiger partial charge in [-0.3, -0.25) is 4.79 Å². The van der Waals surface area contributed by atoms with Gasteiger partial charge in [0.1, 0.15) is 0 Å². The van der Waals surface area contributed by atoms with Crippen molar-refractivity contribution in [2.45, 2.75) is 30.2 Å². The highest BCUT2D eigenvalue weighted by molar-refractivity contribution is 7.89. The van der Waals surface area contributed by atoms with E-state index in [4.69, 9.17) is 11.6 Å². The summed E-state index contributed by atoms with van der Waals surface area (Å²) in [6.07, 6.45) is 0. The maximum absolute atomic E-state index is 13.3. The summed E-state index contributed by atoms with van der Waals surface area (Å²) in [4.78, 5) is 13.3. The van der Waals surface area contributed by atoms with Crippen molar-refractivity contribution in [3.05, 3.63) is 94.5 Å². The van der Waals surface area contributed by atoms with E-state index in [0.29, 0.717) is 21.8 Å². The second kappa shape index (κ2) is 7.54. The summed E-state index contributed by atoms with van der Waals surface area (Å²) in [6.45, 7) is 3.62. The van der Waals surface area contributed by atoms with Crippen LogP contribution in [0.1, 0.15) is 29.7 Å². The van der Waals surface area contributed by atoms with Crippen molar-refractivity contribution in [2.75, 3.05) is 5.32 Å². The number of rotatable bonds is 5. The molecule has 154 valence electrons. The first-order chi connectivity index (χ1) is 14.2. The van der Waals surface area contributed by atoms with Crippen LogP contribution in [0.5, 0.6) is 0 Å². The van der Waals surface area contributed by atoms with Gasteiger partial charge in [0.2, 0.25) is 15.9 Å². The summed E-state index contributed by atoms with van der Waals surface area (Å²) < 4.78 is 29.3. The third kappa shape index (κ3) is 3.41. The van der Waals surface area contributed by atoms with Gasteiger partial charge >= 0.3 is 0 Å². The van der Waals surface area contributed by atoms with Gasteiger partial charge in [-0.25, -0.2) is 13.1 Å². The van der Waals surface area contributed by atoms with Crippen LogP contribution in [0, 0.1) is 6.92 Å². The van der Waals surface area contributed by atoms with E-state index in [1.165, 1.54) is 0 Å². The number of hydrogen-bond acceptors (Lipinski definition) is 3. The van der Waals surface area contributed by atoms with Crippen molar-refractivity contribution in [1.82, 2.24) is 4.72 Å². The fourth-order valence-electron chi connectivity index (χ4n) is 3.85. The molecule has 1 aliphatic heterocycles. The van der Waals surface area contributed by atoms with Gasteiger partial charge in [0.25, 0.3) is 0 Å². The Morgan fingerprint density at radius 2 is 1.60 bits per heavy atom. The molecule has 0 fully saturated rings. The van der Waals surface area contributed by atoms with Crippen molar-refractivity contribution in [1.29, 1.82) is 0 Å². The maximum atomic E-state index is 13.3. The molecular formula is C23H21ClN2O3S. The van der Waals surface area contributed by atoms with E-state index in [1.54, 1.807) is 61.5 Å². The van der Waals surface area contributed by atoms with Gasteiger partial charge in [-0.05, 0) is 49.2 Å². The monoisotopic (exact) mass is 440 g/mol. The zero-order valence-corrected chi connectivity index (χ0v) is 18.1. The van der Waals surface area contributed by atoms with E-state index in [1.807, 2.05) is 25.1 Å². The lowest BCUT2D eigenvalue weighted by atomic mass is 9.74. The topological polar surface area (TPSA) is 75.3 Å². The average molecular weight is 441 g/mol. The molecule has 0 saturated carbocycles. The highest BCUT2D eigenvalue weighted by Gasteiger charge is 2.51. The number of fused-ring (bicyclic) bond motifs is 1. The normalized spacial score (nSPS) is 19.2. The lowest BCUT2D eigenvalue weighted by Crippen LogP contribution is -2.46. The third-order valence-electron chi connectivity index (χ3n) is 5.60. The van der Waals surface area contributed by atoms with E-state index in [-0.39, 0.29) is 10.8 Å². The minimum Gasteiger partial charge on any atom is -0.325 e. The standard InChI is InChI=1S/C23H21ClN2O3S/c1-15-11-13-16(14-12-15)30(28,29)26-21(17-7-3-5-9-19(17)24)23(2)18-8-4-6-10-20(18)25-22(23)27/h3-14,21,26H,1-2H3,(H,25,27)/t21-,23-/m1/s1. The minimum absolute atomic E-state index is 0.125. The second-order valence-electron chi connectivity index (χ2n) is 7.59. The van der Waals surface area contributed by atoms with Gasteiger partial charge in [0.05, 0.1) is 16.4 Å². The van der Waals surface area contributed by atoms with Crippen LogP contribution in [-0.4, -0.2) is 14.3 Å². The average Bonchev–Trinajstić information content (AvgIpc) is 2.98. The molecule has 2 atom stereocenters. The molecule has 3 aromatic carbocycles. The molecule has 0 radical (unpaired) electrons. The molecule has 0 bridgehead atoms. The lowest BCUT2D eigenvalue weighted by Gasteiger charge is -2.34. The predicted octanol–water partition coefficient (Wildman–Crippen LogP) is 4.58. The maximum Gasteiger partial charge on any atom is 0.241 e. The lowest BCUT2D eigenvalue weighted by molar-refractivity contribution is -0.121. The Bertz CT molecular complexity index is 1230. The Balaban J connectivity index is 1.88. The zero-order chi connectivity index (χ0) is 21.5. The smallest absolute Gasteiger partial charge is 0.241 e. The van der Waals surface area contributed by atoms with Crippen molar-refractivity contribution >= 4 is 33.2 Å². The first kappa shape index (κ1) is 20.6. The summed E-state index contributed by atoms with van der Waals surface area (Å²) in [5, 5.41) is 3.26. The van der Waals surface area contributed by atoms with Gasteiger partial charge in [0.15, 0.2) is 0 Å². The molecule has 1 amide bonds. The largest absolute Gasteiger partial charge is 0.325 e. The van der Waals surface area contributed by atoms with Gasteiger partial charge in [-0.2, -0.15) is 0 Å². The zero-order valence-electron chi connectivity index (χ0n) is 16.5. The third-order valence-corrected chi connectivity index (χ3v) is 7.39. The number of benzene rings is 3. The number of halogens is 1. The first-order valence-electron chi connectivity index (χ1n) is 9.48. The number of carbonyl (C=O) groups excluding carboxylic acids is 1. The van der Waals surface area contributed by atoms with Gasteiger partial charge in [-0.1, -0.05) is 65.7 Å². The fraction of sp³-hybridized carbons (Fsp3) is 0.174. The fourth-order valence-corrected chi connectivity index (χ4v) is 5.40. The number of carbonyl (C=O) groups is 1. The van der Waals surface area contributed by atoms with E-state index in [0.717, 1.165) is 5.56 Å². The number of anilines is 1. The van der Waals surface area contributed by atoms with E-state index in [9.17, 15) is 13.2 Å². The van der Waals surface area contributed by atoms with Crippen LogP contribution in [0.15, 0.2) is 77.7 Å². The van der Waals surface area contributed by atoms with E-state index in [2.05, 4.69) is 10.0 Å². The van der Waals surface area contributed by atoms with E-state index < -0.39 is 21.5 Å². The van der Waals surface area contributed by atoms with Crippen molar-refractivity contribution < 1.29 is 13.2 Å². The molecule has 0 unspecified atom stereocenters. The van der Waals surface area contributed by atoms with Crippen LogP contribution in [0.4, 0.5) is 5.69 Å². The van der Waals surface area contributed by atoms with Crippen LogP contribution in [-0.2, 0) is 20.2 Å². The molecule has 0 spiro atoms. The molecule has 30 heavy (non-hydrogen) atoms. The molecule has 0 saturated heterocycles. The summed E-state index contributed by atoms with van der Waals surface area (Å²) in [5.41, 5.74) is 1.67. The first-order valence-corrected chi connectivity index (χ1v) is 11.3. The molecule has 1 aliphatic rings. The van der Waals surface area contributed by atoms with Gasteiger partial charge in [-0.15, -0.1) is 0 Å². The quantitative estimate of drug-likeness (QED) is 0.609. The Kier molecular flexibility index (Phi) is 5.18. The predicted molar refractivity (Wildman–Crippen MR) is 118 cm³/mol. The van der Waals surface area contributed by atoms with Gasteiger partial charge < -0.3 is 5.32 Å². The Morgan fingerprint density at radius 1 is 0.967 bits per heavy atom. The Hall–Kier alpha value is -2.67. The van der Waals surface area contributed by atoms with Crippen LogP contribution in [0.3, 0.4) is 0 Å². The molecule has 0 aromatic heterocycles. The van der Waals surface area contributed by atoms with Crippen molar-refractivity contribution in [3.63, 3.8) is 0 Å². The molecule has 7 heteroatoms. The van der Waals surface area contributed by atoms with Gasteiger partial charge in [0, 0.05) is 10.7 Å². The minimum atomic E-state index is -3.93. The summed E-state index contributed by atoms with van der Waals surface area (Å²) in [7, 11) is -3.93. The number of sulfonamides is 1. The highest BCUT2D eigenvalue weighted by atomic mass is 35.5. The number of nitrogens with one attached hydrogen (secondary N) is 2. The molecular weight excluding hydrogens is 420 g/mol. The van der Waals surface area contributed by atoms with E-state index >= 15 is 0 Å². The van der Waals surface area contributed by atoms with Crippen LogP contribution >= 0.6 is 11.6 Å². The van der Waals surface area contributed by atoms with Crippen molar-refractivity contribution in [2.24, 2.45) is 0 Å². The second-order valence-corrected chi connectivity index (χ2v) is 9.71. The van der Waals surface area contributed by atoms with Crippen LogP contribution in [0.25, 0.3) is 0 Å². The van der Waals surface area contributed by atoms with Crippen LogP contribution < -0.4 is 10.0 Å². The Labute approximate surface area is 181 Å². The Morgan fingerprint density at radius 3 is 2.30 bits per heavy atom. The summed E-state index contributed by atoms with van der Waals surface area (Å²) in [5.74, 6) is -0.291. The molecule has 0 aliphatic carbocycles. The molecule has 1 heterocycles. The molecule has 4 rings (SSSR count). The number of hydrogen-bond donors (Lipinski definition) is 2. The number of amides is 1.